The second kappa shape index (κ2) is 6.02. The number of benzene rings is 2. The maximum atomic E-state index is 12.2. The Kier molecular flexibility index (Phi) is 4.07. The first-order valence-corrected chi connectivity index (χ1v) is 7.34. The van der Waals surface area contributed by atoms with Crippen LogP contribution < -0.4 is 4.74 Å². The molecular weight excluding hydrogens is 341 g/mol. The summed E-state index contributed by atoms with van der Waals surface area (Å²) in [6.07, 6.45) is 0. The molecule has 0 N–H and O–H groups in total. The zero-order valence-electron chi connectivity index (χ0n) is 11.6. The minimum atomic E-state index is -0.788. The maximum absolute atomic E-state index is 12.2. The van der Waals surface area contributed by atoms with Crippen LogP contribution in [0.1, 0.15) is 20.7 Å². The van der Waals surface area contributed by atoms with E-state index in [-0.39, 0.29) is 26.9 Å². The number of fused-ring (bicyclic) bond motifs is 1. The summed E-state index contributed by atoms with van der Waals surface area (Å²) >= 11 is 11.8. The topological polar surface area (TPSA) is 63.7 Å². The molecule has 0 aromatic heterocycles. The second-order valence-corrected chi connectivity index (χ2v) is 5.55. The Labute approximate surface area is 141 Å². The molecule has 116 valence electrons. The molecule has 0 atom stereocenters. The molecule has 0 saturated heterocycles. The molecule has 2 aromatic rings. The van der Waals surface area contributed by atoms with Crippen LogP contribution in [0.5, 0.6) is 5.75 Å². The molecule has 3 rings (SSSR count). The van der Waals surface area contributed by atoms with Gasteiger partial charge in [0.1, 0.15) is 11.6 Å². The maximum Gasteiger partial charge on any atom is 0.331 e. The van der Waals surface area contributed by atoms with Crippen LogP contribution in [-0.4, -0.2) is 29.2 Å². The predicted octanol–water partition coefficient (Wildman–Crippen LogP) is 3.20. The number of rotatable bonds is 3. The van der Waals surface area contributed by atoms with Gasteiger partial charge in [-0.2, -0.15) is 0 Å². The van der Waals surface area contributed by atoms with Gasteiger partial charge >= 0.3 is 5.97 Å². The monoisotopic (exact) mass is 349 g/mol. The van der Waals surface area contributed by atoms with Crippen LogP contribution >= 0.6 is 23.2 Å². The number of hydrogen-bond acceptors (Lipinski definition) is 4. The number of esters is 1. The SMILES string of the molecule is O=C(CN1C(=O)c2ccccc2C1=O)Oc1cccc(Cl)c1Cl. The first kappa shape index (κ1) is 15.5. The largest absolute Gasteiger partial charge is 0.424 e. The fourth-order valence-corrected chi connectivity index (χ4v) is 2.56. The van der Waals surface area contributed by atoms with Crippen molar-refractivity contribution in [3.8, 4) is 5.75 Å². The van der Waals surface area contributed by atoms with Gasteiger partial charge in [0.25, 0.3) is 11.8 Å². The lowest BCUT2D eigenvalue weighted by Crippen LogP contribution is -2.36. The lowest BCUT2D eigenvalue weighted by atomic mass is 10.1. The van der Waals surface area contributed by atoms with Crippen LogP contribution in [0, 0.1) is 0 Å². The molecule has 0 spiro atoms. The Morgan fingerprint density at radius 1 is 0.957 bits per heavy atom. The molecule has 2 amide bonds. The van der Waals surface area contributed by atoms with Crippen molar-refractivity contribution in [1.82, 2.24) is 4.90 Å². The minimum absolute atomic E-state index is 0.0702. The normalized spacial score (nSPS) is 13.2. The standard InChI is InChI=1S/C16H9Cl2NO4/c17-11-6-3-7-12(14(11)18)23-13(20)8-19-15(21)9-4-1-2-5-10(9)16(19)22/h1-7H,8H2. The number of amides is 2. The van der Waals surface area contributed by atoms with E-state index in [0.717, 1.165) is 4.90 Å². The molecule has 1 aliphatic rings. The Balaban J connectivity index is 1.76. The average Bonchev–Trinajstić information content (AvgIpc) is 2.77. The lowest BCUT2D eigenvalue weighted by Gasteiger charge is -2.13. The molecule has 0 aliphatic carbocycles. The molecule has 0 bridgehead atoms. The molecule has 2 aromatic carbocycles. The van der Waals surface area contributed by atoms with Gasteiger partial charge in [-0.3, -0.25) is 14.5 Å². The van der Waals surface area contributed by atoms with Crippen molar-refractivity contribution in [2.45, 2.75) is 0 Å². The summed E-state index contributed by atoms with van der Waals surface area (Å²) in [5.41, 5.74) is 0.539. The van der Waals surface area contributed by atoms with E-state index in [0.29, 0.717) is 0 Å². The summed E-state index contributed by atoms with van der Waals surface area (Å²) in [6, 6.07) is 11.0. The third-order valence-corrected chi connectivity index (χ3v) is 4.11. The van der Waals surface area contributed by atoms with Gasteiger partial charge in [-0.25, -0.2) is 4.79 Å². The van der Waals surface area contributed by atoms with E-state index in [9.17, 15) is 14.4 Å². The van der Waals surface area contributed by atoms with E-state index in [4.69, 9.17) is 27.9 Å². The van der Waals surface area contributed by atoms with Crippen molar-refractivity contribution in [1.29, 1.82) is 0 Å². The number of nitrogens with zero attached hydrogens (tertiary/aromatic N) is 1. The number of ether oxygens (including phenoxy) is 1. The first-order valence-electron chi connectivity index (χ1n) is 6.59. The average molecular weight is 350 g/mol. The first-order chi connectivity index (χ1) is 11.0. The summed E-state index contributed by atoms with van der Waals surface area (Å²) in [5.74, 6) is -1.77. The fraction of sp³-hybridized carbons (Fsp3) is 0.0625. The zero-order valence-corrected chi connectivity index (χ0v) is 13.1. The third-order valence-electron chi connectivity index (χ3n) is 3.31. The molecule has 7 heteroatoms. The van der Waals surface area contributed by atoms with Crippen molar-refractivity contribution in [3.63, 3.8) is 0 Å². The van der Waals surface area contributed by atoms with Gasteiger partial charge in [0, 0.05) is 0 Å². The highest BCUT2D eigenvalue weighted by Crippen LogP contribution is 2.31. The second-order valence-electron chi connectivity index (χ2n) is 4.77. The highest BCUT2D eigenvalue weighted by molar-refractivity contribution is 6.43. The van der Waals surface area contributed by atoms with E-state index in [2.05, 4.69) is 0 Å². The van der Waals surface area contributed by atoms with Crippen LogP contribution in [0.15, 0.2) is 42.5 Å². The van der Waals surface area contributed by atoms with Crippen molar-refractivity contribution in [3.05, 3.63) is 63.6 Å². The van der Waals surface area contributed by atoms with E-state index in [1.54, 1.807) is 24.3 Å². The summed E-state index contributed by atoms with van der Waals surface area (Å²) in [7, 11) is 0. The molecule has 0 radical (unpaired) electrons. The quantitative estimate of drug-likeness (QED) is 0.485. The molecule has 0 saturated carbocycles. The van der Waals surface area contributed by atoms with Crippen LogP contribution in [-0.2, 0) is 4.79 Å². The van der Waals surface area contributed by atoms with Crippen molar-refractivity contribution < 1.29 is 19.1 Å². The fourth-order valence-electron chi connectivity index (χ4n) is 2.23. The summed E-state index contributed by atoms with van der Waals surface area (Å²) in [6.45, 7) is -0.505. The molecule has 1 heterocycles. The smallest absolute Gasteiger partial charge is 0.331 e. The van der Waals surface area contributed by atoms with Gasteiger partial charge in [0.15, 0.2) is 5.75 Å². The van der Waals surface area contributed by atoms with Gasteiger partial charge in [-0.05, 0) is 24.3 Å². The molecule has 0 unspecified atom stereocenters. The molecule has 1 aliphatic heterocycles. The molecule has 0 fully saturated rings. The van der Waals surface area contributed by atoms with Gasteiger partial charge in [-0.1, -0.05) is 41.4 Å². The Hall–Kier alpha value is -2.37. The van der Waals surface area contributed by atoms with Crippen molar-refractivity contribution >= 4 is 41.0 Å². The van der Waals surface area contributed by atoms with Crippen molar-refractivity contribution in [2.75, 3.05) is 6.54 Å². The number of hydrogen-bond donors (Lipinski definition) is 0. The van der Waals surface area contributed by atoms with Crippen LogP contribution in [0.25, 0.3) is 0 Å². The van der Waals surface area contributed by atoms with Gasteiger partial charge in [0.05, 0.1) is 16.1 Å². The molecule has 5 nitrogen and oxygen atoms in total. The minimum Gasteiger partial charge on any atom is -0.424 e. The highest BCUT2D eigenvalue weighted by Gasteiger charge is 2.36. The van der Waals surface area contributed by atoms with Crippen LogP contribution in [0.2, 0.25) is 10.0 Å². The number of carbonyl (C=O) groups excluding carboxylic acids is 3. The van der Waals surface area contributed by atoms with E-state index < -0.39 is 24.3 Å². The van der Waals surface area contributed by atoms with E-state index >= 15 is 0 Å². The number of imide groups is 1. The third kappa shape index (κ3) is 2.81. The van der Waals surface area contributed by atoms with Crippen molar-refractivity contribution in [2.24, 2.45) is 0 Å². The summed E-state index contributed by atoms with van der Waals surface area (Å²) in [5, 5.41) is 0.322. The van der Waals surface area contributed by atoms with E-state index in [1.807, 2.05) is 0 Å². The number of halogens is 2. The van der Waals surface area contributed by atoms with Crippen LogP contribution in [0.3, 0.4) is 0 Å². The van der Waals surface area contributed by atoms with Gasteiger partial charge < -0.3 is 4.74 Å². The Morgan fingerprint density at radius 2 is 1.57 bits per heavy atom. The molecule has 23 heavy (non-hydrogen) atoms. The predicted molar refractivity (Wildman–Crippen MR) is 83.9 cm³/mol. The zero-order chi connectivity index (χ0) is 16.6. The van der Waals surface area contributed by atoms with Crippen LogP contribution in [0.4, 0.5) is 0 Å². The van der Waals surface area contributed by atoms with E-state index in [1.165, 1.54) is 18.2 Å². The number of carbonyl (C=O) groups is 3. The summed E-state index contributed by atoms with van der Waals surface area (Å²) < 4.78 is 5.08. The van der Waals surface area contributed by atoms with Gasteiger partial charge in [0.2, 0.25) is 0 Å². The molecular formula is C16H9Cl2NO4. The highest BCUT2D eigenvalue weighted by atomic mass is 35.5. The summed E-state index contributed by atoms with van der Waals surface area (Å²) in [4.78, 5) is 37.2. The lowest BCUT2D eigenvalue weighted by molar-refractivity contribution is -0.134. The Morgan fingerprint density at radius 3 is 2.17 bits per heavy atom. The Bertz CT molecular complexity index is 800. The van der Waals surface area contributed by atoms with Gasteiger partial charge in [-0.15, -0.1) is 0 Å².